The van der Waals surface area contributed by atoms with Gasteiger partial charge in [0.1, 0.15) is 0 Å². The van der Waals surface area contributed by atoms with E-state index in [2.05, 4.69) is 5.32 Å². The van der Waals surface area contributed by atoms with Crippen molar-refractivity contribution in [2.45, 2.75) is 19.5 Å². The van der Waals surface area contributed by atoms with Gasteiger partial charge in [-0.2, -0.15) is 13.2 Å². The first-order valence-corrected chi connectivity index (χ1v) is 8.06. The summed E-state index contributed by atoms with van der Waals surface area (Å²) in [7, 11) is 0. The number of carboxylic acid groups (broad SMARTS) is 1. The number of benzene rings is 1. The molecular formula is C16H18ClF3N2O3. The van der Waals surface area contributed by atoms with E-state index in [0.717, 1.165) is 18.2 Å². The van der Waals surface area contributed by atoms with Crippen LogP contribution in [-0.2, 0) is 15.8 Å². The Morgan fingerprint density at radius 2 is 2.04 bits per heavy atom. The van der Waals surface area contributed by atoms with Crippen LogP contribution < -0.4 is 5.32 Å². The van der Waals surface area contributed by atoms with Gasteiger partial charge in [0.25, 0.3) is 0 Å². The van der Waals surface area contributed by atoms with Crippen molar-refractivity contribution in [3.8, 4) is 0 Å². The zero-order valence-electron chi connectivity index (χ0n) is 13.4. The van der Waals surface area contributed by atoms with E-state index in [4.69, 9.17) is 16.7 Å². The quantitative estimate of drug-likeness (QED) is 0.843. The van der Waals surface area contributed by atoms with Crippen LogP contribution in [0.1, 0.15) is 18.9 Å². The fraction of sp³-hybridized carbons (Fsp3) is 0.500. The summed E-state index contributed by atoms with van der Waals surface area (Å²) >= 11 is 5.85. The highest BCUT2D eigenvalue weighted by molar-refractivity contribution is 6.33. The second kappa shape index (κ2) is 7.61. The molecule has 0 radical (unpaired) electrons. The molecule has 1 fully saturated rings. The number of piperidine rings is 1. The Kier molecular flexibility index (Phi) is 5.95. The van der Waals surface area contributed by atoms with Crippen LogP contribution in [0.4, 0.5) is 18.9 Å². The summed E-state index contributed by atoms with van der Waals surface area (Å²) in [6, 6.07) is 2.68. The molecule has 1 aliphatic rings. The lowest BCUT2D eigenvalue weighted by Crippen LogP contribution is -2.45. The number of rotatable bonds is 4. The zero-order valence-corrected chi connectivity index (χ0v) is 14.2. The van der Waals surface area contributed by atoms with Crippen molar-refractivity contribution in [3.05, 3.63) is 28.8 Å². The number of likely N-dealkylation sites (tertiary alicyclic amines) is 1. The monoisotopic (exact) mass is 378 g/mol. The Balaban J connectivity index is 2.04. The van der Waals surface area contributed by atoms with Crippen molar-refractivity contribution >= 4 is 29.2 Å². The molecule has 1 aromatic rings. The van der Waals surface area contributed by atoms with Gasteiger partial charge in [0.05, 0.1) is 28.7 Å². The van der Waals surface area contributed by atoms with E-state index < -0.39 is 29.5 Å². The highest BCUT2D eigenvalue weighted by atomic mass is 35.5. The molecule has 2 atom stereocenters. The number of carbonyl (C=O) groups is 2. The Morgan fingerprint density at radius 1 is 1.36 bits per heavy atom. The van der Waals surface area contributed by atoms with Crippen molar-refractivity contribution in [2.24, 2.45) is 11.8 Å². The molecule has 138 valence electrons. The van der Waals surface area contributed by atoms with Gasteiger partial charge in [-0.25, -0.2) is 0 Å². The number of alkyl halides is 3. The highest BCUT2D eigenvalue weighted by Crippen LogP contribution is 2.33. The number of nitrogens with one attached hydrogen (secondary N) is 1. The average Bonchev–Trinajstić information content (AvgIpc) is 2.47. The van der Waals surface area contributed by atoms with Gasteiger partial charge in [0, 0.05) is 13.1 Å². The molecule has 0 aliphatic carbocycles. The summed E-state index contributed by atoms with van der Waals surface area (Å²) in [6.07, 6.45) is -4.01. The molecule has 1 aromatic carbocycles. The highest BCUT2D eigenvalue weighted by Gasteiger charge is 2.32. The summed E-state index contributed by atoms with van der Waals surface area (Å²) in [5.41, 5.74) is -1.04. The van der Waals surface area contributed by atoms with Gasteiger partial charge in [-0.15, -0.1) is 0 Å². The van der Waals surface area contributed by atoms with E-state index in [9.17, 15) is 22.8 Å². The number of aliphatic carboxylic acids is 1. The number of carbonyl (C=O) groups excluding carboxylic acids is 1. The van der Waals surface area contributed by atoms with E-state index in [0.29, 0.717) is 13.0 Å². The zero-order chi connectivity index (χ0) is 18.8. The largest absolute Gasteiger partial charge is 0.481 e. The van der Waals surface area contributed by atoms with Gasteiger partial charge in [-0.1, -0.05) is 18.5 Å². The molecule has 1 aliphatic heterocycles. The minimum atomic E-state index is -4.54. The maximum Gasteiger partial charge on any atom is 0.416 e. The number of anilines is 1. The summed E-state index contributed by atoms with van der Waals surface area (Å²) in [5.74, 6) is -1.91. The first kappa shape index (κ1) is 19.5. The second-order valence-corrected chi connectivity index (χ2v) is 6.72. The molecule has 1 saturated heterocycles. The SMILES string of the molecule is CC1CC(C(=O)O)CN(CC(=O)Nc2cc(C(F)(F)F)ccc2Cl)C1. The normalized spacial score (nSPS) is 21.8. The van der Waals surface area contributed by atoms with Gasteiger partial charge in [0.2, 0.25) is 5.91 Å². The first-order valence-electron chi connectivity index (χ1n) is 7.68. The Hall–Kier alpha value is -1.80. The molecule has 0 bridgehead atoms. The Labute approximate surface area is 147 Å². The maximum absolute atomic E-state index is 12.8. The number of hydrogen-bond acceptors (Lipinski definition) is 3. The molecule has 2 rings (SSSR count). The third-order valence-electron chi connectivity index (χ3n) is 4.02. The first-order chi connectivity index (χ1) is 11.6. The molecule has 1 heterocycles. The third-order valence-corrected chi connectivity index (χ3v) is 4.35. The van der Waals surface area contributed by atoms with E-state index in [1.807, 2.05) is 6.92 Å². The van der Waals surface area contributed by atoms with Gasteiger partial charge < -0.3 is 10.4 Å². The van der Waals surface area contributed by atoms with Crippen LogP contribution in [0.3, 0.4) is 0 Å². The van der Waals surface area contributed by atoms with Crippen molar-refractivity contribution in [1.29, 1.82) is 0 Å². The van der Waals surface area contributed by atoms with Crippen LogP contribution in [0.25, 0.3) is 0 Å². The fourth-order valence-electron chi connectivity index (χ4n) is 2.96. The fourth-order valence-corrected chi connectivity index (χ4v) is 3.12. The number of halogens is 4. The number of nitrogens with zero attached hydrogens (tertiary/aromatic N) is 1. The van der Waals surface area contributed by atoms with Crippen molar-refractivity contribution in [1.82, 2.24) is 4.90 Å². The third kappa shape index (κ3) is 5.34. The maximum atomic E-state index is 12.8. The number of carboxylic acids is 1. The molecule has 5 nitrogen and oxygen atoms in total. The standard InChI is InChI=1S/C16H18ClF3N2O3/c1-9-4-10(15(24)25)7-22(6-9)8-14(23)21-13-5-11(16(18,19)20)2-3-12(13)17/h2-3,5,9-10H,4,6-8H2,1H3,(H,21,23)(H,24,25). The predicted octanol–water partition coefficient (Wildman–Crippen LogP) is 3.34. The van der Waals surface area contributed by atoms with Crippen LogP contribution in [0, 0.1) is 11.8 Å². The van der Waals surface area contributed by atoms with E-state index in [1.165, 1.54) is 0 Å². The Morgan fingerprint density at radius 3 is 2.64 bits per heavy atom. The summed E-state index contributed by atoms with van der Waals surface area (Å²) in [6.45, 7) is 2.56. The molecule has 2 unspecified atom stereocenters. The Bertz CT molecular complexity index is 667. The smallest absolute Gasteiger partial charge is 0.416 e. The molecule has 9 heteroatoms. The van der Waals surface area contributed by atoms with Crippen LogP contribution in [0.2, 0.25) is 5.02 Å². The van der Waals surface area contributed by atoms with Gasteiger partial charge in [-0.05, 0) is 30.5 Å². The van der Waals surface area contributed by atoms with Gasteiger partial charge in [-0.3, -0.25) is 14.5 Å². The molecule has 0 spiro atoms. The molecule has 25 heavy (non-hydrogen) atoms. The summed E-state index contributed by atoms with van der Waals surface area (Å²) < 4.78 is 38.3. The molecule has 1 amide bonds. The minimum Gasteiger partial charge on any atom is -0.481 e. The molecule has 0 aromatic heterocycles. The van der Waals surface area contributed by atoms with Crippen LogP contribution in [0.15, 0.2) is 18.2 Å². The molecule has 2 N–H and O–H groups in total. The lowest BCUT2D eigenvalue weighted by Gasteiger charge is -2.34. The topological polar surface area (TPSA) is 69.6 Å². The second-order valence-electron chi connectivity index (χ2n) is 6.31. The number of amides is 1. The van der Waals surface area contributed by atoms with Gasteiger partial charge >= 0.3 is 12.1 Å². The minimum absolute atomic E-state index is 0.00299. The molecule has 0 saturated carbocycles. The van der Waals surface area contributed by atoms with Crippen molar-refractivity contribution in [2.75, 3.05) is 25.0 Å². The van der Waals surface area contributed by atoms with E-state index >= 15 is 0 Å². The average molecular weight is 379 g/mol. The van der Waals surface area contributed by atoms with Gasteiger partial charge in [0.15, 0.2) is 0 Å². The van der Waals surface area contributed by atoms with Crippen LogP contribution >= 0.6 is 11.6 Å². The summed E-state index contributed by atoms with van der Waals surface area (Å²) in [5, 5.41) is 11.5. The van der Waals surface area contributed by atoms with Crippen LogP contribution in [0.5, 0.6) is 0 Å². The number of hydrogen-bond donors (Lipinski definition) is 2. The van der Waals surface area contributed by atoms with Crippen molar-refractivity contribution in [3.63, 3.8) is 0 Å². The predicted molar refractivity (Wildman–Crippen MR) is 86.4 cm³/mol. The lowest BCUT2D eigenvalue weighted by atomic mass is 9.90. The van der Waals surface area contributed by atoms with Crippen LogP contribution in [-0.4, -0.2) is 41.5 Å². The lowest BCUT2D eigenvalue weighted by molar-refractivity contribution is -0.144. The van der Waals surface area contributed by atoms with E-state index in [-0.39, 0.29) is 29.7 Å². The summed E-state index contributed by atoms with van der Waals surface area (Å²) in [4.78, 5) is 25.0. The molecular weight excluding hydrogens is 361 g/mol. The van der Waals surface area contributed by atoms with E-state index in [1.54, 1.807) is 4.90 Å². The van der Waals surface area contributed by atoms with Crippen molar-refractivity contribution < 1.29 is 27.9 Å².